The summed E-state index contributed by atoms with van der Waals surface area (Å²) in [5, 5.41) is 15.8. The zero-order valence-corrected chi connectivity index (χ0v) is 15.8. The van der Waals surface area contributed by atoms with Gasteiger partial charge >= 0.3 is 0 Å². The van der Waals surface area contributed by atoms with Crippen LogP contribution in [0.3, 0.4) is 0 Å². The van der Waals surface area contributed by atoms with Crippen LogP contribution in [0.15, 0.2) is 47.8 Å². The van der Waals surface area contributed by atoms with Crippen LogP contribution < -0.4 is 19.6 Å². The van der Waals surface area contributed by atoms with Crippen molar-refractivity contribution in [3.05, 3.63) is 53.9 Å². The third kappa shape index (κ3) is 3.22. The number of nitrogens with one attached hydrogen (secondary N) is 1. The van der Waals surface area contributed by atoms with Gasteiger partial charge in [-0.25, -0.2) is 4.68 Å². The molecule has 0 bridgehead atoms. The van der Waals surface area contributed by atoms with Gasteiger partial charge in [0.15, 0.2) is 11.5 Å². The number of rotatable bonds is 6. The SMILES string of the molecule is COc1cc(C2CC(c3cccc(-n4cnnn4)c3)=NN2)cc(OC)c1OC. The minimum Gasteiger partial charge on any atom is -0.493 e. The molecule has 1 aliphatic rings. The number of ether oxygens (including phenoxy) is 3. The third-order valence-electron chi connectivity index (χ3n) is 4.64. The summed E-state index contributed by atoms with van der Waals surface area (Å²) in [5.41, 5.74) is 7.05. The second-order valence-corrected chi connectivity index (χ2v) is 6.21. The number of methoxy groups -OCH3 is 3. The summed E-state index contributed by atoms with van der Waals surface area (Å²) < 4.78 is 17.9. The van der Waals surface area contributed by atoms with Gasteiger partial charge in [-0.05, 0) is 45.8 Å². The first-order chi connectivity index (χ1) is 13.7. The van der Waals surface area contributed by atoms with Crippen molar-refractivity contribution in [3.63, 3.8) is 0 Å². The number of benzene rings is 2. The number of aromatic nitrogens is 4. The van der Waals surface area contributed by atoms with E-state index in [4.69, 9.17) is 14.2 Å². The average Bonchev–Trinajstić information content (AvgIpc) is 3.45. The second kappa shape index (κ2) is 7.55. The maximum Gasteiger partial charge on any atom is 0.203 e. The zero-order valence-electron chi connectivity index (χ0n) is 15.8. The van der Waals surface area contributed by atoms with E-state index < -0.39 is 0 Å². The Morgan fingerprint density at radius 3 is 2.46 bits per heavy atom. The van der Waals surface area contributed by atoms with Gasteiger partial charge in [0.2, 0.25) is 5.75 Å². The van der Waals surface area contributed by atoms with E-state index >= 15 is 0 Å². The highest BCUT2D eigenvalue weighted by Gasteiger charge is 2.24. The lowest BCUT2D eigenvalue weighted by atomic mass is 9.98. The van der Waals surface area contributed by atoms with Gasteiger partial charge in [-0.3, -0.25) is 0 Å². The summed E-state index contributed by atoms with van der Waals surface area (Å²) >= 11 is 0. The average molecular weight is 380 g/mol. The van der Waals surface area contributed by atoms with Crippen LogP contribution in [-0.4, -0.2) is 47.2 Å². The molecule has 1 unspecified atom stereocenters. The Morgan fingerprint density at radius 1 is 1.04 bits per heavy atom. The molecule has 9 nitrogen and oxygen atoms in total. The highest BCUT2D eigenvalue weighted by Crippen LogP contribution is 2.41. The van der Waals surface area contributed by atoms with Crippen LogP contribution in [-0.2, 0) is 0 Å². The fourth-order valence-electron chi connectivity index (χ4n) is 3.23. The van der Waals surface area contributed by atoms with E-state index in [0.29, 0.717) is 17.2 Å². The fourth-order valence-corrected chi connectivity index (χ4v) is 3.23. The van der Waals surface area contributed by atoms with Crippen LogP contribution in [0.2, 0.25) is 0 Å². The van der Waals surface area contributed by atoms with E-state index in [0.717, 1.165) is 28.9 Å². The Balaban J connectivity index is 1.58. The van der Waals surface area contributed by atoms with E-state index in [-0.39, 0.29) is 6.04 Å². The van der Waals surface area contributed by atoms with E-state index in [9.17, 15) is 0 Å². The molecule has 1 aromatic heterocycles. The lowest BCUT2D eigenvalue weighted by molar-refractivity contribution is 0.323. The van der Waals surface area contributed by atoms with Gasteiger partial charge in [-0.2, -0.15) is 5.10 Å². The van der Waals surface area contributed by atoms with Gasteiger partial charge in [0.1, 0.15) is 6.33 Å². The van der Waals surface area contributed by atoms with Crippen molar-refractivity contribution in [3.8, 4) is 22.9 Å². The van der Waals surface area contributed by atoms with E-state index in [1.165, 1.54) is 0 Å². The monoisotopic (exact) mass is 380 g/mol. The number of hydrazone groups is 1. The molecule has 4 rings (SSSR count). The third-order valence-corrected chi connectivity index (χ3v) is 4.64. The molecule has 144 valence electrons. The van der Waals surface area contributed by atoms with Crippen molar-refractivity contribution in [2.45, 2.75) is 12.5 Å². The van der Waals surface area contributed by atoms with Gasteiger partial charge in [0, 0.05) is 6.42 Å². The van der Waals surface area contributed by atoms with Gasteiger partial charge < -0.3 is 19.6 Å². The van der Waals surface area contributed by atoms with Crippen molar-refractivity contribution in [2.24, 2.45) is 5.10 Å². The molecule has 1 N–H and O–H groups in total. The molecule has 3 aromatic rings. The topological polar surface area (TPSA) is 95.7 Å². The zero-order chi connectivity index (χ0) is 19.5. The lowest BCUT2D eigenvalue weighted by Crippen LogP contribution is -2.11. The molecule has 0 spiro atoms. The molecule has 1 aliphatic heterocycles. The molecule has 2 aromatic carbocycles. The standard InChI is InChI=1S/C19H20N6O3/c1-26-17-8-13(9-18(27-2)19(17)28-3)16-10-15(21-22-16)12-5-4-6-14(7-12)25-11-20-23-24-25/h4-9,11,16,22H,10H2,1-3H3. The van der Waals surface area contributed by atoms with Crippen LogP contribution in [0.4, 0.5) is 0 Å². The summed E-state index contributed by atoms with van der Waals surface area (Å²) in [7, 11) is 4.80. The lowest BCUT2D eigenvalue weighted by Gasteiger charge is -2.17. The first-order valence-electron chi connectivity index (χ1n) is 8.69. The van der Waals surface area contributed by atoms with Crippen LogP contribution in [0.5, 0.6) is 17.2 Å². The van der Waals surface area contributed by atoms with Crippen molar-refractivity contribution < 1.29 is 14.2 Å². The number of nitrogens with zero attached hydrogens (tertiary/aromatic N) is 5. The van der Waals surface area contributed by atoms with E-state index in [1.54, 1.807) is 32.3 Å². The normalized spacial score (nSPS) is 15.7. The van der Waals surface area contributed by atoms with Crippen molar-refractivity contribution >= 4 is 5.71 Å². The Hall–Kier alpha value is -3.62. The summed E-state index contributed by atoms with van der Waals surface area (Å²) in [5.74, 6) is 1.81. The van der Waals surface area contributed by atoms with Crippen LogP contribution in [0.1, 0.15) is 23.6 Å². The summed E-state index contributed by atoms with van der Waals surface area (Å²) in [4.78, 5) is 0. The highest BCUT2D eigenvalue weighted by molar-refractivity contribution is 6.02. The molecule has 28 heavy (non-hydrogen) atoms. The quantitative estimate of drug-likeness (QED) is 0.700. The van der Waals surface area contributed by atoms with Crippen molar-refractivity contribution in [1.82, 2.24) is 25.6 Å². The van der Waals surface area contributed by atoms with E-state index in [2.05, 4.69) is 26.1 Å². The van der Waals surface area contributed by atoms with Crippen LogP contribution in [0.25, 0.3) is 5.69 Å². The minimum absolute atomic E-state index is 0.000369. The molecule has 2 heterocycles. The smallest absolute Gasteiger partial charge is 0.203 e. The molecule has 0 saturated heterocycles. The van der Waals surface area contributed by atoms with Crippen LogP contribution >= 0.6 is 0 Å². The Kier molecular flexibility index (Phi) is 4.79. The second-order valence-electron chi connectivity index (χ2n) is 6.21. The molecule has 0 radical (unpaired) electrons. The van der Waals surface area contributed by atoms with Crippen LogP contribution in [0, 0.1) is 0 Å². The Bertz CT molecular complexity index is 978. The van der Waals surface area contributed by atoms with Gasteiger partial charge in [-0.1, -0.05) is 12.1 Å². The van der Waals surface area contributed by atoms with Crippen molar-refractivity contribution in [2.75, 3.05) is 21.3 Å². The largest absolute Gasteiger partial charge is 0.493 e. The molecule has 0 saturated carbocycles. The molecule has 1 atom stereocenters. The number of hydrogen-bond donors (Lipinski definition) is 1. The predicted molar refractivity (Wildman–Crippen MR) is 102 cm³/mol. The van der Waals surface area contributed by atoms with Crippen molar-refractivity contribution in [1.29, 1.82) is 0 Å². The maximum atomic E-state index is 5.46. The Morgan fingerprint density at radius 2 is 1.82 bits per heavy atom. The maximum absolute atomic E-state index is 5.46. The molecular formula is C19H20N6O3. The first-order valence-corrected chi connectivity index (χ1v) is 8.69. The summed E-state index contributed by atoms with van der Waals surface area (Å²) in [6, 6.07) is 11.8. The molecule has 0 aliphatic carbocycles. The Labute approximate surface area is 161 Å². The molecule has 9 heteroatoms. The molecular weight excluding hydrogens is 360 g/mol. The number of hydrogen-bond acceptors (Lipinski definition) is 8. The minimum atomic E-state index is 0.000369. The molecule has 0 fully saturated rings. The summed E-state index contributed by atoms with van der Waals surface area (Å²) in [6.45, 7) is 0. The highest BCUT2D eigenvalue weighted by atomic mass is 16.5. The summed E-state index contributed by atoms with van der Waals surface area (Å²) in [6.07, 6.45) is 2.28. The van der Waals surface area contributed by atoms with Gasteiger partial charge in [0.05, 0.1) is 38.8 Å². The molecule has 0 amide bonds. The predicted octanol–water partition coefficient (Wildman–Crippen LogP) is 2.13. The van der Waals surface area contributed by atoms with E-state index in [1.807, 2.05) is 36.4 Å². The fraction of sp³-hybridized carbons (Fsp3) is 0.263. The van der Waals surface area contributed by atoms with Gasteiger partial charge in [-0.15, -0.1) is 5.10 Å². The first kappa shape index (κ1) is 17.8. The van der Waals surface area contributed by atoms with Gasteiger partial charge in [0.25, 0.3) is 0 Å². The number of tetrazole rings is 1.